The van der Waals surface area contributed by atoms with E-state index >= 15 is 0 Å². The number of nitriles is 1. The summed E-state index contributed by atoms with van der Waals surface area (Å²) in [5, 5.41) is 18.2. The van der Waals surface area contributed by atoms with Crippen molar-refractivity contribution in [3.8, 4) is 34.3 Å². The molecule has 342 valence electrons. The first-order valence-electron chi connectivity index (χ1n) is 24.6. The summed E-state index contributed by atoms with van der Waals surface area (Å²) < 4.78 is 7.47. The molecule has 11 rings (SSSR count). The molecule has 0 aliphatic rings. The fourth-order valence-electron chi connectivity index (χ4n) is 10.8. The second kappa shape index (κ2) is 15.3. The van der Waals surface area contributed by atoms with Gasteiger partial charge in [-0.3, -0.25) is 0 Å². The number of rotatable bonds is 4. The summed E-state index contributed by atoms with van der Waals surface area (Å²) in [6, 6.07) is 61.0. The highest BCUT2D eigenvalue weighted by atomic mass is 15.0. The van der Waals surface area contributed by atoms with Crippen LogP contribution in [0.2, 0.25) is 0 Å². The standard InChI is InChI=1S/C65H62N4/c1-62(2,3)41-33-42(63(4,5)6)36-45(35-41)67-53-26-18-16-23-50(53)58-56(67)31-29-48-49-30-32-57-59(61(49)68(60(48)58)46-37-43(64(7,8)9)34-44(38-46)65(10,11)12)51-24-17-19-27-54(51)69(57)55-28-20-25-47(52(55)39-66)40-21-14-13-15-22-40/h13-38H,1-12H3. The van der Waals surface area contributed by atoms with E-state index in [0.29, 0.717) is 5.56 Å². The Morgan fingerprint density at radius 2 is 0.783 bits per heavy atom. The maximum atomic E-state index is 11.1. The number of hydrogen-bond acceptors (Lipinski definition) is 1. The summed E-state index contributed by atoms with van der Waals surface area (Å²) in [7, 11) is 0. The van der Waals surface area contributed by atoms with Gasteiger partial charge in [0.15, 0.2) is 0 Å². The van der Waals surface area contributed by atoms with E-state index in [9.17, 15) is 5.26 Å². The number of aromatic nitrogens is 3. The van der Waals surface area contributed by atoms with Crippen molar-refractivity contribution < 1.29 is 0 Å². The maximum Gasteiger partial charge on any atom is 0.102 e. The highest BCUT2D eigenvalue weighted by Gasteiger charge is 2.29. The molecule has 0 bridgehead atoms. The van der Waals surface area contributed by atoms with Gasteiger partial charge < -0.3 is 13.7 Å². The summed E-state index contributed by atoms with van der Waals surface area (Å²) in [5.41, 5.74) is 17.6. The van der Waals surface area contributed by atoms with E-state index in [1.807, 2.05) is 18.2 Å². The first kappa shape index (κ1) is 44.2. The van der Waals surface area contributed by atoms with Crippen molar-refractivity contribution in [3.63, 3.8) is 0 Å². The van der Waals surface area contributed by atoms with Crippen molar-refractivity contribution >= 4 is 65.4 Å². The van der Waals surface area contributed by atoms with E-state index < -0.39 is 0 Å². The highest BCUT2D eigenvalue weighted by molar-refractivity contribution is 6.31. The van der Waals surface area contributed by atoms with Crippen molar-refractivity contribution in [1.82, 2.24) is 13.7 Å². The van der Waals surface area contributed by atoms with Crippen LogP contribution in [-0.2, 0) is 21.7 Å². The van der Waals surface area contributed by atoms with E-state index in [0.717, 1.165) is 49.8 Å². The zero-order valence-corrected chi connectivity index (χ0v) is 42.3. The second-order valence-corrected chi connectivity index (χ2v) is 23.5. The Labute approximate surface area is 407 Å². The minimum Gasteiger partial charge on any atom is -0.309 e. The second-order valence-electron chi connectivity index (χ2n) is 23.5. The molecule has 4 nitrogen and oxygen atoms in total. The molecule has 0 saturated heterocycles. The Morgan fingerprint density at radius 3 is 1.25 bits per heavy atom. The van der Waals surface area contributed by atoms with E-state index in [1.54, 1.807) is 0 Å². The molecule has 69 heavy (non-hydrogen) atoms. The van der Waals surface area contributed by atoms with Gasteiger partial charge in [-0.05, 0) is 104 Å². The highest BCUT2D eigenvalue weighted by Crippen LogP contribution is 2.48. The average molecular weight is 899 g/mol. The Kier molecular flexibility index (Phi) is 9.81. The van der Waals surface area contributed by atoms with Gasteiger partial charge in [-0.15, -0.1) is 0 Å². The Balaban J connectivity index is 1.36. The van der Waals surface area contributed by atoms with Gasteiger partial charge in [0.25, 0.3) is 0 Å². The average Bonchev–Trinajstić information content (AvgIpc) is 3.96. The zero-order chi connectivity index (χ0) is 48.5. The molecule has 8 aromatic carbocycles. The Hall–Kier alpha value is -7.35. The maximum absolute atomic E-state index is 11.1. The molecule has 0 N–H and O–H groups in total. The van der Waals surface area contributed by atoms with Crippen LogP contribution >= 0.6 is 0 Å². The molecule has 0 aliphatic carbocycles. The molecule has 0 radical (unpaired) electrons. The van der Waals surface area contributed by atoms with E-state index in [4.69, 9.17) is 0 Å². The van der Waals surface area contributed by atoms with Crippen molar-refractivity contribution in [1.29, 1.82) is 5.26 Å². The SMILES string of the molecule is CC(C)(C)c1cc(-n2c3ccccc3c3c2ccc2c4ccc5c(c6ccccc6n5-c5cccc(-c6ccccc6)c5C#N)c4n(-c4cc(C(C)(C)C)cc(C(C)(C)C)c4)c23)cc(C(C)(C)C)c1. The minimum absolute atomic E-state index is 0.0429. The summed E-state index contributed by atoms with van der Waals surface area (Å²) in [6.07, 6.45) is 0. The van der Waals surface area contributed by atoms with Crippen LogP contribution in [0.25, 0.3) is 93.6 Å². The quantitative estimate of drug-likeness (QED) is 0.173. The first-order valence-corrected chi connectivity index (χ1v) is 24.6. The fourth-order valence-corrected chi connectivity index (χ4v) is 10.8. The van der Waals surface area contributed by atoms with Gasteiger partial charge in [-0.2, -0.15) is 5.26 Å². The molecular formula is C65H62N4. The van der Waals surface area contributed by atoms with Crippen LogP contribution in [0, 0.1) is 11.3 Å². The third-order valence-electron chi connectivity index (χ3n) is 14.7. The lowest BCUT2D eigenvalue weighted by molar-refractivity contribution is 0.567. The van der Waals surface area contributed by atoms with E-state index in [-0.39, 0.29) is 21.7 Å². The molecule has 0 aliphatic heterocycles. The van der Waals surface area contributed by atoms with Crippen LogP contribution in [0.15, 0.2) is 158 Å². The summed E-state index contributed by atoms with van der Waals surface area (Å²) >= 11 is 0. The van der Waals surface area contributed by atoms with Crippen LogP contribution in [0.4, 0.5) is 0 Å². The summed E-state index contributed by atoms with van der Waals surface area (Å²) in [5.74, 6) is 0. The number of nitrogens with zero attached hydrogens (tertiary/aromatic N) is 4. The van der Waals surface area contributed by atoms with Gasteiger partial charge in [0.2, 0.25) is 0 Å². The molecule has 0 spiro atoms. The molecule has 0 unspecified atom stereocenters. The lowest BCUT2D eigenvalue weighted by atomic mass is 9.80. The topological polar surface area (TPSA) is 38.6 Å². The lowest BCUT2D eigenvalue weighted by Gasteiger charge is -2.27. The molecule has 0 saturated carbocycles. The molecule has 0 atom stereocenters. The summed E-state index contributed by atoms with van der Waals surface area (Å²) in [4.78, 5) is 0. The zero-order valence-electron chi connectivity index (χ0n) is 42.3. The van der Waals surface area contributed by atoms with Crippen LogP contribution in [-0.4, -0.2) is 13.7 Å². The third-order valence-corrected chi connectivity index (χ3v) is 14.7. The normalized spacial score (nSPS) is 12.9. The summed E-state index contributed by atoms with van der Waals surface area (Å²) in [6.45, 7) is 27.9. The molecule has 11 aromatic rings. The predicted molar refractivity (Wildman–Crippen MR) is 294 cm³/mol. The predicted octanol–water partition coefficient (Wildman–Crippen LogP) is 17.7. The van der Waals surface area contributed by atoms with Gasteiger partial charge in [0.05, 0.1) is 44.4 Å². The first-order chi connectivity index (χ1) is 32.7. The van der Waals surface area contributed by atoms with Gasteiger partial charge in [-0.1, -0.05) is 186 Å². The third kappa shape index (κ3) is 7.00. The van der Waals surface area contributed by atoms with Crippen molar-refractivity contribution in [2.45, 2.75) is 105 Å². The Bertz CT molecular complexity index is 3860. The molecule has 0 fully saturated rings. The number of benzene rings is 8. The lowest BCUT2D eigenvalue weighted by Crippen LogP contribution is -2.17. The van der Waals surface area contributed by atoms with Crippen molar-refractivity contribution in [2.24, 2.45) is 0 Å². The van der Waals surface area contributed by atoms with Crippen LogP contribution in [0.3, 0.4) is 0 Å². The fraction of sp³-hybridized carbons (Fsp3) is 0.246. The Morgan fingerprint density at radius 1 is 0.362 bits per heavy atom. The van der Waals surface area contributed by atoms with Crippen molar-refractivity contribution in [2.75, 3.05) is 0 Å². The molecule has 3 heterocycles. The molecule has 3 aromatic heterocycles. The number of fused-ring (bicyclic) bond motifs is 11. The van der Waals surface area contributed by atoms with Crippen LogP contribution < -0.4 is 0 Å². The van der Waals surface area contributed by atoms with E-state index in [2.05, 4.69) is 242 Å². The van der Waals surface area contributed by atoms with Crippen LogP contribution in [0.5, 0.6) is 0 Å². The van der Waals surface area contributed by atoms with E-state index in [1.165, 1.54) is 66.0 Å². The smallest absolute Gasteiger partial charge is 0.102 e. The van der Waals surface area contributed by atoms with Crippen LogP contribution in [0.1, 0.15) is 111 Å². The number of para-hydroxylation sites is 2. The molecule has 4 heteroatoms. The monoisotopic (exact) mass is 898 g/mol. The van der Waals surface area contributed by atoms with Gasteiger partial charge in [-0.25, -0.2) is 0 Å². The number of hydrogen-bond donors (Lipinski definition) is 0. The minimum atomic E-state index is -0.105. The largest absolute Gasteiger partial charge is 0.309 e. The van der Waals surface area contributed by atoms with Crippen molar-refractivity contribution in [3.05, 3.63) is 186 Å². The van der Waals surface area contributed by atoms with Gasteiger partial charge in [0.1, 0.15) is 6.07 Å². The van der Waals surface area contributed by atoms with Gasteiger partial charge in [0, 0.05) is 49.3 Å². The van der Waals surface area contributed by atoms with Gasteiger partial charge >= 0.3 is 0 Å². The molecule has 0 amide bonds. The molecular weight excluding hydrogens is 837 g/mol.